The molecule has 1 heteroatoms. The average molecular weight is 180 g/mol. The molecule has 0 fully saturated rings. The van der Waals surface area contributed by atoms with Crippen LogP contribution in [0.5, 0.6) is 0 Å². The zero-order chi connectivity index (χ0) is 10.1. The molecule has 13 heavy (non-hydrogen) atoms. The van der Waals surface area contributed by atoms with Crippen LogP contribution in [0.3, 0.4) is 0 Å². The molecule has 72 valence electrons. The number of hydrogen-bond donors (Lipinski definition) is 0. The first-order valence-corrected chi connectivity index (χ1v) is 4.67. The van der Waals surface area contributed by atoms with Crippen LogP contribution in [-0.4, -0.2) is 5.67 Å². The molecule has 0 heterocycles. The quantitative estimate of drug-likeness (QED) is 0.648. The topological polar surface area (TPSA) is 0 Å². The molecule has 0 aliphatic heterocycles. The molecular formula is C12H17F. The van der Waals surface area contributed by atoms with Gasteiger partial charge in [-0.1, -0.05) is 36.8 Å². The summed E-state index contributed by atoms with van der Waals surface area (Å²) in [6.07, 6.45) is 0. The fraction of sp³-hybridized carbons (Fsp3) is 0.500. The molecule has 0 aliphatic rings. The van der Waals surface area contributed by atoms with E-state index >= 15 is 0 Å². The van der Waals surface area contributed by atoms with Crippen LogP contribution in [0.2, 0.25) is 0 Å². The van der Waals surface area contributed by atoms with Gasteiger partial charge in [0.25, 0.3) is 0 Å². The Bertz CT molecular complexity index is 266. The third-order valence-electron chi connectivity index (χ3n) is 2.61. The van der Waals surface area contributed by atoms with Crippen LogP contribution < -0.4 is 0 Å². The van der Waals surface area contributed by atoms with E-state index in [1.54, 1.807) is 13.8 Å². The molecule has 0 saturated carbocycles. The highest BCUT2D eigenvalue weighted by Crippen LogP contribution is 2.30. The lowest BCUT2D eigenvalue weighted by Crippen LogP contribution is -2.21. The largest absolute Gasteiger partial charge is 0.244 e. The summed E-state index contributed by atoms with van der Waals surface area (Å²) in [7, 11) is 0. The van der Waals surface area contributed by atoms with Gasteiger partial charge in [-0.05, 0) is 26.3 Å². The Kier molecular flexibility index (Phi) is 2.74. The van der Waals surface area contributed by atoms with Crippen molar-refractivity contribution in [3.8, 4) is 0 Å². The van der Waals surface area contributed by atoms with Crippen LogP contribution in [0, 0.1) is 6.92 Å². The fourth-order valence-corrected chi connectivity index (χ4v) is 1.25. The number of rotatable bonds is 2. The van der Waals surface area contributed by atoms with Gasteiger partial charge in [0.05, 0.1) is 0 Å². The minimum Gasteiger partial charge on any atom is -0.244 e. The fourth-order valence-electron chi connectivity index (χ4n) is 1.25. The molecule has 0 radical (unpaired) electrons. The van der Waals surface area contributed by atoms with E-state index in [9.17, 15) is 4.39 Å². The Morgan fingerprint density at radius 1 is 1.15 bits per heavy atom. The zero-order valence-corrected chi connectivity index (χ0v) is 8.76. The minimum absolute atomic E-state index is 0.0481. The summed E-state index contributed by atoms with van der Waals surface area (Å²) < 4.78 is 13.6. The van der Waals surface area contributed by atoms with Gasteiger partial charge in [-0.25, -0.2) is 4.39 Å². The summed E-state index contributed by atoms with van der Waals surface area (Å²) in [5.74, 6) is -0.0481. The lowest BCUT2D eigenvalue weighted by Gasteiger charge is -2.23. The molecule has 1 atom stereocenters. The van der Waals surface area contributed by atoms with E-state index < -0.39 is 5.67 Å². The van der Waals surface area contributed by atoms with Crippen molar-refractivity contribution in [3.05, 3.63) is 35.4 Å². The average Bonchev–Trinajstić information content (AvgIpc) is 2.03. The molecule has 0 aliphatic carbocycles. The first kappa shape index (κ1) is 10.2. The predicted molar refractivity (Wildman–Crippen MR) is 54.8 cm³/mol. The Morgan fingerprint density at radius 3 is 2.00 bits per heavy atom. The van der Waals surface area contributed by atoms with Crippen molar-refractivity contribution in [2.45, 2.75) is 39.3 Å². The number of aryl methyl sites for hydroxylation is 1. The smallest absolute Gasteiger partial charge is 0.112 e. The third kappa shape index (κ3) is 2.55. The van der Waals surface area contributed by atoms with E-state index in [4.69, 9.17) is 0 Å². The Labute approximate surface area is 79.8 Å². The molecule has 1 aromatic carbocycles. The van der Waals surface area contributed by atoms with Gasteiger partial charge in [-0.3, -0.25) is 0 Å². The molecule has 0 spiro atoms. The maximum atomic E-state index is 13.6. The Balaban J connectivity index is 2.90. The van der Waals surface area contributed by atoms with Gasteiger partial charge in [-0.15, -0.1) is 0 Å². The predicted octanol–water partition coefficient (Wildman–Crippen LogP) is 3.85. The van der Waals surface area contributed by atoms with Gasteiger partial charge < -0.3 is 0 Å². The Morgan fingerprint density at radius 2 is 1.62 bits per heavy atom. The van der Waals surface area contributed by atoms with Gasteiger partial charge in [0.15, 0.2) is 0 Å². The van der Waals surface area contributed by atoms with E-state index in [-0.39, 0.29) is 5.92 Å². The van der Waals surface area contributed by atoms with Crippen molar-refractivity contribution < 1.29 is 4.39 Å². The van der Waals surface area contributed by atoms with Gasteiger partial charge >= 0.3 is 0 Å². The first-order valence-electron chi connectivity index (χ1n) is 4.67. The highest BCUT2D eigenvalue weighted by molar-refractivity contribution is 5.25. The molecule has 0 amide bonds. The van der Waals surface area contributed by atoms with Crippen LogP contribution in [0.1, 0.15) is 37.8 Å². The number of hydrogen-bond acceptors (Lipinski definition) is 0. The maximum absolute atomic E-state index is 13.6. The van der Waals surface area contributed by atoms with E-state index in [1.807, 2.05) is 38.1 Å². The lowest BCUT2D eigenvalue weighted by atomic mass is 9.87. The van der Waals surface area contributed by atoms with Crippen LogP contribution in [0.15, 0.2) is 24.3 Å². The van der Waals surface area contributed by atoms with E-state index in [0.717, 1.165) is 5.56 Å². The van der Waals surface area contributed by atoms with Crippen molar-refractivity contribution >= 4 is 0 Å². The number of benzene rings is 1. The second-order valence-electron chi connectivity index (χ2n) is 4.20. The summed E-state index contributed by atoms with van der Waals surface area (Å²) in [4.78, 5) is 0. The zero-order valence-electron chi connectivity index (χ0n) is 8.76. The Hall–Kier alpha value is -0.850. The van der Waals surface area contributed by atoms with Gasteiger partial charge in [0.1, 0.15) is 5.67 Å². The molecular weight excluding hydrogens is 163 g/mol. The molecule has 1 rings (SSSR count). The molecule has 1 unspecified atom stereocenters. The van der Waals surface area contributed by atoms with Crippen LogP contribution in [-0.2, 0) is 0 Å². The van der Waals surface area contributed by atoms with Gasteiger partial charge in [-0.2, -0.15) is 0 Å². The molecule has 0 saturated heterocycles. The number of alkyl halides is 1. The van der Waals surface area contributed by atoms with Crippen molar-refractivity contribution in [1.82, 2.24) is 0 Å². The lowest BCUT2D eigenvalue weighted by molar-refractivity contribution is 0.180. The minimum atomic E-state index is -1.14. The molecule has 0 nitrogen and oxygen atoms in total. The maximum Gasteiger partial charge on any atom is 0.112 e. The summed E-state index contributed by atoms with van der Waals surface area (Å²) in [6, 6.07) is 8.05. The SMILES string of the molecule is Cc1ccc(C(C)C(C)(C)F)cc1. The highest BCUT2D eigenvalue weighted by Gasteiger charge is 2.25. The van der Waals surface area contributed by atoms with E-state index in [2.05, 4.69) is 0 Å². The third-order valence-corrected chi connectivity index (χ3v) is 2.61. The summed E-state index contributed by atoms with van der Waals surface area (Å²) in [5.41, 5.74) is 1.14. The van der Waals surface area contributed by atoms with Gasteiger partial charge in [0.2, 0.25) is 0 Å². The van der Waals surface area contributed by atoms with E-state index in [1.165, 1.54) is 5.56 Å². The van der Waals surface area contributed by atoms with Crippen molar-refractivity contribution in [2.75, 3.05) is 0 Å². The van der Waals surface area contributed by atoms with Gasteiger partial charge in [0, 0.05) is 5.92 Å². The van der Waals surface area contributed by atoms with Crippen molar-refractivity contribution in [1.29, 1.82) is 0 Å². The normalized spacial score (nSPS) is 14.2. The summed E-state index contributed by atoms with van der Waals surface area (Å²) in [6.45, 7) is 7.20. The van der Waals surface area contributed by atoms with Crippen LogP contribution in [0.4, 0.5) is 4.39 Å². The first-order chi connectivity index (χ1) is 5.91. The molecule has 0 aromatic heterocycles. The standard InChI is InChI=1S/C12H17F/c1-9-5-7-11(8-6-9)10(2)12(3,4)13/h5-8,10H,1-4H3. The summed E-state index contributed by atoms with van der Waals surface area (Å²) in [5, 5.41) is 0. The van der Waals surface area contributed by atoms with Crippen LogP contribution in [0.25, 0.3) is 0 Å². The molecule has 0 bridgehead atoms. The van der Waals surface area contributed by atoms with E-state index in [0.29, 0.717) is 0 Å². The monoisotopic (exact) mass is 180 g/mol. The highest BCUT2D eigenvalue weighted by atomic mass is 19.1. The molecule has 1 aromatic rings. The number of halogens is 1. The second-order valence-corrected chi connectivity index (χ2v) is 4.20. The second kappa shape index (κ2) is 3.49. The summed E-state index contributed by atoms with van der Waals surface area (Å²) >= 11 is 0. The van der Waals surface area contributed by atoms with Crippen molar-refractivity contribution in [3.63, 3.8) is 0 Å². The molecule has 0 N–H and O–H groups in total. The van der Waals surface area contributed by atoms with Crippen LogP contribution >= 0.6 is 0 Å². The van der Waals surface area contributed by atoms with Crippen molar-refractivity contribution in [2.24, 2.45) is 0 Å².